The highest BCUT2D eigenvalue weighted by atomic mass is 32.2. The molecule has 0 aliphatic heterocycles. The SMILES string of the molecule is COc1cc(C#N)ccc1OC(=O)CSc1nncn1-c1ccc(C)cc1. The van der Waals surface area contributed by atoms with Gasteiger partial charge in [0, 0.05) is 11.8 Å². The first-order valence-corrected chi connectivity index (χ1v) is 8.98. The van der Waals surface area contributed by atoms with Gasteiger partial charge in [-0.1, -0.05) is 29.5 Å². The van der Waals surface area contributed by atoms with Gasteiger partial charge >= 0.3 is 5.97 Å². The fourth-order valence-electron chi connectivity index (χ4n) is 2.30. The summed E-state index contributed by atoms with van der Waals surface area (Å²) in [4.78, 5) is 12.2. The van der Waals surface area contributed by atoms with Gasteiger partial charge in [0.1, 0.15) is 6.33 Å². The van der Waals surface area contributed by atoms with Crippen molar-refractivity contribution in [3.05, 3.63) is 59.9 Å². The lowest BCUT2D eigenvalue weighted by atomic mass is 10.2. The van der Waals surface area contributed by atoms with Crippen molar-refractivity contribution >= 4 is 17.7 Å². The third-order valence-electron chi connectivity index (χ3n) is 3.66. The summed E-state index contributed by atoms with van der Waals surface area (Å²) in [5, 5.41) is 17.5. The molecular formula is C19H16N4O3S. The predicted octanol–water partition coefficient (Wildman–Crippen LogP) is 3.15. The molecule has 136 valence electrons. The van der Waals surface area contributed by atoms with Gasteiger partial charge in [0.05, 0.1) is 24.5 Å². The Kier molecular flexibility index (Phi) is 5.74. The Morgan fingerprint density at radius 3 is 2.70 bits per heavy atom. The first-order valence-electron chi connectivity index (χ1n) is 7.99. The summed E-state index contributed by atoms with van der Waals surface area (Å²) in [6.45, 7) is 2.01. The molecule has 0 unspecified atom stereocenters. The third-order valence-corrected chi connectivity index (χ3v) is 4.58. The maximum Gasteiger partial charge on any atom is 0.321 e. The molecule has 27 heavy (non-hydrogen) atoms. The minimum absolute atomic E-state index is 0.0493. The molecule has 3 rings (SSSR count). The molecule has 2 aromatic carbocycles. The van der Waals surface area contributed by atoms with Crippen molar-refractivity contribution in [1.82, 2.24) is 14.8 Å². The van der Waals surface area contributed by atoms with Crippen LogP contribution in [0.5, 0.6) is 11.5 Å². The van der Waals surface area contributed by atoms with Gasteiger partial charge in [-0.2, -0.15) is 5.26 Å². The lowest BCUT2D eigenvalue weighted by molar-refractivity contribution is -0.131. The van der Waals surface area contributed by atoms with Gasteiger partial charge in [-0.05, 0) is 31.2 Å². The molecule has 0 radical (unpaired) electrons. The van der Waals surface area contributed by atoms with Crippen LogP contribution in [0.15, 0.2) is 53.9 Å². The topological polar surface area (TPSA) is 90.0 Å². The maximum atomic E-state index is 12.2. The van der Waals surface area contributed by atoms with Crippen LogP contribution < -0.4 is 9.47 Å². The molecule has 0 aliphatic carbocycles. The number of nitriles is 1. The number of carbonyl (C=O) groups excluding carboxylic acids is 1. The summed E-state index contributed by atoms with van der Waals surface area (Å²) in [5.41, 5.74) is 2.49. The van der Waals surface area contributed by atoms with Gasteiger partial charge in [0.25, 0.3) is 0 Å². The van der Waals surface area contributed by atoms with Gasteiger partial charge in [-0.15, -0.1) is 10.2 Å². The molecule has 0 atom stereocenters. The minimum atomic E-state index is -0.457. The lowest BCUT2D eigenvalue weighted by Gasteiger charge is -2.09. The molecule has 0 bridgehead atoms. The van der Waals surface area contributed by atoms with Gasteiger partial charge in [0.2, 0.25) is 0 Å². The van der Waals surface area contributed by atoms with Crippen LogP contribution in [0, 0.1) is 18.3 Å². The van der Waals surface area contributed by atoms with Crippen molar-refractivity contribution in [2.45, 2.75) is 12.1 Å². The van der Waals surface area contributed by atoms with Crippen molar-refractivity contribution in [3.8, 4) is 23.3 Å². The number of benzene rings is 2. The number of hydrogen-bond donors (Lipinski definition) is 0. The van der Waals surface area contributed by atoms with Gasteiger partial charge in [-0.25, -0.2) is 0 Å². The van der Waals surface area contributed by atoms with Crippen LogP contribution >= 0.6 is 11.8 Å². The van der Waals surface area contributed by atoms with Crippen molar-refractivity contribution in [1.29, 1.82) is 5.26 Å². The van der Waals surface area contributed by atoms with E-state index in [2.05, 4.69) is 10.2 Å². The average molecular weight is 380 g/mol. The van der Waals surface area contributed by atoms with Crippen LogP contribution in [0.2, 0.25) is 0 Å². The van der Waals surface area contributed by atoms with Gasteiger partial charge in [-0.3, -0.25) is 9.36 Å². The molecule has 8 heteroatoms. The number of carbonyl (C=O) groups is 1. The smallest absolute Gasteiger partial charge is 0.321 e. The molecule has 0 aliphatic rings. The molecule has 0 fully saturated rings. The molecule has 0 N–H and O–H groups in total. The number of methoxy groups -OCH3 is 1. The van der Waals surface area contributed by atoms with Gasteiger partial charge in [0.15, 0.2) is 16.7 Å². The predicted molar refractivity (Wildman–Crippen MR) is 100 cm³/mol. The zero-order chi connectivity index (χ0) is 19.2. The van der Waals surface area contributed by atoms with E-state index in [4.69, 9.17) is 14.7 Å². The third kappa shape index (κ3) is 4.46. The second-order valence-corrected chi connectivity index (χ2v) is 6.50. The van der Waals surface area contributed by atoms with Crippen molar-refractivity contribution < 1.29 is 14.3 Å². The molecule has 1 heterocycles. The number of rotatable bonds is 6. The number of aryl methyl sites for hydroxylation is 1. The maximum absolute atomic E-state index is 12.2. The normalized spacial score (nSPS) is 10.3. The van der Waals surface area contributed by atoms with E-state index in [-0.39, 0.29) is 11.5 Å². The van der Waals surface area contributed by atoms with E-state index in [0.29, 0.717) is 16.5 Å². The molecular weight excluding hydrogens is 364 g/mol. The highest BCUT2D eigenvalue weighted by Crippen LogP contribution is 2.28. The Morgan fingerprint density at radius 1 is 1.22 bits per heavy atom. The van der Waals surface area contributed by atoms with E-state index in [0.717, 1.165) is 11.3 Å². The summed E-state index contributed by atoms with van der Waals surface area (Å²) in [6, 6.07) is 14.5. The van der Waals surface area contributed by atoms with Gasteiger partial charge < -0.3 is 9.47 Å². The fraction of sp³-hybridized carbons (Fsp3) is 0.158. The van der Waals surface area contributed by atoms with Crippen LogP contribution in [0.3, 0.4) is 0 Å². The molecule has 7 nitrogen and oxygen atoms in total. The Morgan fingerprint density at radius 2 is 2.00 bits per heavy atom. The van der Waals surface area contributed by atoms with Crippen LogP contribution in [-0.4, -0.2) is 33.6 Å². The zero-order valence-corrected chi connectivity index (χ0v) is 15.6. The van der Waals surface area contributed by atoms with Crippen LogP contribution in [0.25, 0.3) is 5.69 Å². The molecule has 0 amide bonds. The zero-order valence-electron chi connectivity index (χ0n) is 14.7. The Hall–Kier alpha value is -3.31. The number of hydrogen-bond acceptors (Lipinski definition) is 7. The van der Waals surface area contributed by atoms with E-state index in [1.165, 1.54) is 31.0 Å². The minimum Gasteiger partial charge on any atom is -0.493 e. The summed E-state index contributed by atoms with van der Waals surface area (Å²) in [6.07, 6.45) is 1.60. The van der Waals surface area contributed by atoms with Crippen LogP contribution in [0.4, 0.5) is 0 Å². The molecule has 0 saturated heterocycles. The summed E-state index contributed by atoms with van der Waals surface area (Å²) in [7, 11) is 1.45. The standard InChI is InChI=1S/C19H16N4O3S/c1-13-3-6-15(7-4-13)23-12-21-22-19(23)27-11-18(24)26-16-8-5-14(10-20)9-17(16)25-2/h3-9,12H,11H2,1-2H3. The van der Waals surface area contributed by atoms with Crippen molar-refractivity contribution in [2.24, 2.45) is 0 Å². The molecule has 3 aromatic rings. The number of aromatic nitrogens is 3. The number of nitrogens with zero attached hydrogens (tertiary/aromatic N) is 4. The highest BCUT2D eigenvalue weighted by molar-refractivity contribution is 7.99. The largest absolute Gasteiger partial charge is 0.493 e. The number of esters is 1. The Labute approximate surface area is 160 Å². The monoisotopic (exact) mass is 380 g/mol. The average Bonchev–Trinajstić information content (AvgIpc) is 3.16. The Balaban J connectivity index is 1.66. The molecule has 0 saturated carbocycles. The molecule has 0 spiro atoms. The second-order valence-electron chi connectivity index (χ2n) is 5.56. The summed E-state index contributed by atoms with van der Waals surface area (Å²) in [5.74, 6) is 0.187. The first kappa shape index (κ1) is 18.5. The second kappa shape index (κ2) is 8.38. The van der Waals surface area contributed by atoms with E-state index in [1.54, 1.807) is 17.0 Å². The van der Waals surface area contributed by atoms with E-state index in [1.807, 2.05) is 37.3 Å². The number of ether oxygens (including phenoxy) is 2. The summed E-state index contributed by atoms with van der Waals surface area (Å²) >= 11 is 1.22. The van der Waals surface area contributed by atoms with Crippen LogP contribution in [-0.2, 0) is 4.79 Å². The highest BCUT2D eigenvalue weighted by Gasteiger charge is 2.14. The summed E-state index contributed by atoms with van der Waals surface area (Å²) < 4.78 is 12.3. The fourth-order valence-corrected chi connectivity index (χ4v) is 3.00. The van der Waals surface area contributed by atoms with Crippen LogP contribution in [0.1, 0.15) is 11.1 Å². The molecule has 1 aromatic heterocycles. The van der Waals surface area contributed by atoms with E-state index >= 15 is 0 Å². The van der Waals surface area contributed by atoms with E-state index < -0.39 is 5.97 Å². The van der Waals surface area contributed by atoms with Crippen molar-refractivity contribution in [3.63, 3.8) is 0 Å². The van der Waals surface area contributed by atoms with E-state index in [9.17, 15) is 4.79 Å². The Bertz CT molecular complexity index is 993. The first-order chi connectivity index (χ1) is 13.1. The quantitative estimate of drug-likeness (QED) is 0.369. The van der Waals surface area contributed by atoms with Crippen molar-refractivity contribution in [2.75, 3.05) is 12.9 Å². The lowest BCUT2D eigenvalue weighted by Crippen LogP contribution is -2.12. The number of thioether (sulfide) groups is 1.